The van der Waals surface area contributed by atoms with Crippen LogP contribution < -0.4 is 4.74 Å². The maximum absolute atomic E-state index is 12.3. The summed E-state index contributed by atoms with van der Waals surface area (Å²) in [6.07, 6.45) is 0.370. The Morgan fingerprint density at radius 1 is 1.21 bits per heavy atom. The first kappa shape index (κ1) is 18.4. The predicted octanol–water partition coefficient (Wildman–Crippen LogP) is 4.45. The zero-order valence-electron chi connectivity index (χ0n) is 14.3. The van der Waals surface area contributed by atoms with Gasteiger partial charge in [-0.3, -0.25) is 4.79 Å². The number of aromatic nitrogens is 2. The van der Waals surface area contributed by atoms with Gasteiger partial charge in [-0.15, -0.1) is 5.10 Å². The van der Waals surface area contributed by atoms with Crippen molar-refractivity contribution in [3.8, 4) is 11.5 Å². The van der Waals surface area contributed by atoms with E-state index in [1.165, 1.54) is 0 Å². The fourth-order valence-corrected chi connectivity index (χ4v) is 2.42. The quantitative estimate of drug-likeness (QED) is 0.760. The standard InChI is InChI=1S/C18H21BrN2O3/c1-11-15(24-10-12-5-8-16(19)21-20-12)7-6-13(17(11)23)14(22)9-18(2,3)4/h5-8,23H,9-10H2,1-4H3. The number of phenols is 1. The van der Waals surface area contributed by atoms with Crippen molar-refractivity contribution in [3.05, 3.63) is 45.7 Å². The van der Waals surface area contributed by atoms with Crippen molar-refractivity contribution < 1.29 is 14.6 Å². The highest BCUT2D eigenvalue weighted by Gasteiger charge is 2.21. The van der Waals surface area contributed by atoms with E-state index in [2.05, 4.69) is 26.1 Å². The topological polar surface area (TPSA) is 72.3 Å². The lowest BCUT2D eigenvalue weighted by molar-refractivity contribution is 0.0937. The Morgan fingerprint density at radius 3 is 2.50 bits per heavy atom. The molecule has 0 fully saturated rings. The third kappa shape index (κ3) is 4.77. The van der Waals surface area contributed by atoms with Crippen LogP contribution in [-0.2, 0) is 6.61 Å². The lowest BCUT2D eigenvalue weighted by Gasteiger charge is -2.18. The van der Waals surface area contributed by atoms with Gasteiger partial charge < -0.3 is 9.84 Å². The van der Waals surface area contributed by atoms with E-state index in [-0.39, 0.29) is 23.6 Å². The lowest BCUT2D eigenvalue weighted by Crippen LogP contribution is -2.13. The molecule has 2 rings (SSSR count). The molecule has 5 nitrogen and oxygen atoms in total. The lowest BCUT2D eigenvalue weighted by atomic mass is 9.87. The molecular weight excluding hydrogens is 372 g/mol. The molecule has 0 amide bonds. The second-order valence-electron chi connectivity index (χ2n) is 6.88. The Hall–Kier alpha value is -1.95. The molecule has 0 atom stereocenters. The summed E-state index contributed by atoms with van der Waals surface area (Å²) in [4.78, 5) is 12.3. The number of Topliss-reactive ketones (excluding diaryl/α,β-unsaturated/α-hetero) is 1. The van der Waals surface area contributed by atoms with Crippen LogP contribution in [0.3, 0.4) is 0 Å². The minimum atomic E-state index is -0.132. The van der Waals surface area contributed by atoms with Gasteiger partial charge >= 0.3 is 0 Å². The molecule has 0 aliphatic carbocycles. The van der Waals surface area contributed by atoms with Crippen LogP contribution in [0.1, 0.15) is 48.8 Å². The fraction of sp³-hybridized carbons (Fsp3) is 0.389. The number of phenolic OH excluding ortho intramolecular Hbond substituents is 1. The van der Waals surface area contributed by atoms with Crippen molar-refractivity contribution in [1.29, 1.82) is 0 Å². The molecule has 0 aliphatic heterocycles. The van der Waals surface area contributed by atoms with Crippen molar-refractivity contribution in [1.82, 2.24) is 10.2 Å². The summed E-state index contributed by atoms with van der Waals surface area (Å²) >= 11 is 3.23. The van der Waals surface area contributed by atoms with Gasteiger partial charge in [-0.1, -0.05) is 20.8 Å². The average Bonchev–Trinajstić information content (AvgIpc) is 2.48. The molecular formula is C18H21BrN2O3. The van der Waals surface area contributed by atoms with E-state index < -0.39 is 0 Å². The molecule has 1 aromatic carbocycles. The van der Waals surface area contributed by atoms with E-state index in [4.69, 9.17) is 4.74 Å². The fourth-order valence-electron chi connectivity index (χ4n) is 2.21. The van der Waals surface area contributed by atoms with E-state index >= 15 is 0 Å². The van der Waals surface area contributed by atoms with Crippen molar-refractivity contribution in [3.63, 3.8) is 0 Å². The molecule has 1 N–H and O–H groups in total. The summed E-state index contributed by atoms with van der Waals surface area (Å²) in [6, 6.07) is 6.90. The predicted molar refractivity (Wildman–Crippen MR) is 95.3 cm³/mol. The van der Waals surface area contributed by atoms with Crippen LogP contribution in [0.4, 0.5) is 0 Å². The molecule has 0 saturated carbocycles. The molecule has 128 valence electrons. The molecule has 0 spiro atoms. The summed E-state index contributed by atoms with van der Waals surface area (Å²) in [5.74, 6) is 0.418. The first-order valence-electron chi connectivity index (χ1n) is 7.64. The Kier molecular flexibility index (Phi) is 5.59. The number of rotatable bonds is 5. The van der Waals surface area contributed by atoms with Crippen LogP contribution in [0.2, 0.25) is 0 Å². The van der Waals surface area contributed by atoms with Crippen molar-refractivity contribution in [2.24, 2.45) is 5.41 Å². The molecule has 0 saturated heterocycles. The van der Waals surface area contributed by atoms with E-state index in [1.54, 1.807) is 31.2 Å². The summed E-state index contributed by atoms with van der Waals surface area (Å²) in [5.41, 5.74) is 1.41. The van der Waals surface area contributed by atoms with Gasteiger partial charge in [-0.25, -0.2) is 0 Å². The van der Waals surface area contributed by atoms with Gasteiger partial charge in [0, 0.05) is 12.0 Å². The molecule has 1 aromatic heterocycles. The van der Waals surface area contributed by atoms with Crippen LogP contribution in [0.15, 0.2) is 28.9 Å². The second-order valence-corrected chi connectivity index (χ2v) is 7.69. The highest BCUT2D eigenvalue weighted by Crippen LogP contribution is 2.33. The molecule has 0 aliphatic rings. The van der Waals surface area contributed by atoms with Crippen LogP contribution in [0.25, 0.3) is 0 Å². The first-order chi connectivity index (χ1) is 11.2. The zero-order valence-corrected chi connectivity index (χ0v) is 15.8. The number of nitrogens with zero attached hydrogens (tertiary/aromatic N) is 2. The number of hydrogen-bond acceptors (Lipinski definition) is 5. The van der Waals surface area contributed by atoms with Crippen LogP contribution in [-0.4, -0.2) is 21.1 Å². The molecule has 0 unspecified atom stereocenters. The van der Waals surface area contributed by atoms with Crippen molar-refractivity contribution in [2.75, 3.05) is 0 Å². The highest BCUT2D eigenvalue weighted by molar-refractivity contribution is 9.10. The Morgan fingerprint density at radius 2 is 1.92 bits per heavy atom. The largest absolute Gasteiger partial charge is 0.507 e. The summed E-state index contributed by atoms with van der Waals surface area (Å²) in [7, 11) is 0. The number of ether oxygens (including phenoxy) is 1. The number of carbonyl (C=O) groups is 1. The van der Waals surface area contributed by atoms with Crippen molar-refractivity contribution >= 4 is 21.7 Å². The molecule has 2 aromatic rings. The van der Waals surface area contributed by atoms with Gasteiger partial charge in [0.2, 0.25) is 0 Å². The van der Waals surface area contributed by atoms with Gasteiger partial charge in [0.05, 0.1) is 5.56 Å². The summed E-state index contributed by atoms with van der Waals surface area (Å²) in [6.45, 7) is 7.93. The number of halogens is 1. The van der Waals surface area contributed by atoms with Crippen molar-refractivity contribution in [2.45, 2.75) is 40.7 Å². The van der Waals surface area contributed by atoms with E-state index in [0.29, 0.717) is 33.6 Å². The molecule has 0 bridgehead atoms. The van der Waals surface area contributed by atoms with Gasteiger partial charge in [0.15, 0.2) is 5.78 Å². The smallest absolute Gasteiger partial charge is 0.167 e. The maximum atomic E-state index is 12.3. The normalized spacial score (nSPS) is 11.4. The summed E-state index contributed by atoms with van der Waals surface area (Å²) in [5, 5.41) is 18.2. The first-order valence-corrected chi connectivity index (χ1v) is 8.43. The molecule has 1 heterocycles. The SMILES string of the molecule is Cc1c(OCc2ccc(Br)nn2)ccc(C(=O)CC(C)(C)C)c1O. The van der Waals surface area contributed by atoms with E-state index in [1.807, 2.05) is 20.8 Å². The number of carbonyl (C=O) groups excluding carboxylic acids is 1. The minimum Gasteiger partial charge on any atom is -0.507 e. The summed E-state index contributed by atoms with van der Waals surface area (Å²) < 4.78 is 6.34. The number of ketones is 1. The average molecular weight is 393 g/mol. The van der Waals surface area contributed by atoms with Gasteiger partial charge in [0.25, 0.3) is 0 Å². The number of benzene rings is 1. The Labute approximate surface area is 150 Å². The minimum absolute atomic E-state index is 0.0244. The Balaban J connectivity index is 2.14. The Bertz CT molecular complexity index is 737. The van der Waals surface area contributed by atoms with Gasteiger partial charge in [0.1, 0.15) is 28.4 Å². The monoisotopic (exact) mass is 392 g/mol. The molecule has 0 radical (unpaired) electrons. The van der Waals surface area contributed by atoms with Crippen LogP contribution in [0.5, 0.6) is 11.5 Å². The maximum Gasteiger partial charge on any atom is 0.167 e. The van der Waals surface area contributed by atoms with E-state index in [9.17, 15) is 9.90 Å². The third-order valence-electron chi connectivity index (χ3n) is 3.44. The van der Waals surface area contributed by atoms with E-state index in [0.717, 1.165) is 0 Å². The van der Waals surface area contributed by atoms with Gasteiger partial charge in [-0.05, 0) is 52.5 Å². The molecule has 24 heavy (non-hydrogen) atoms. The van der Waals surface area contributed by atoms with Gasteiger partial charge in [-0.2, -0.15) is 5.10 Å². The number of aromatic hydroxyl groups is 1. The highest BCUT2D eigenvalue weighted by atomic mass is 79.9. The zero-order chi connectivity index (χ0) is 17.9. The molecule has 6 heteroatoms. The third-order valence-corrected chi connectivity index (χ3v) is 3.86. The second kappa shape index (κ2) is 7.30. The van der Waals surface area contributed by atoms with Crippen LogP contribution >= 0.6 is 15.9 Å². The number of hydrogen-bond donors (Lipinski definition) is 1. The van der Waals surface area contributed by atoms with Crippen LogP contribution in [0, 0.1) is 12.3 Å².